The highest BCUT2D eigenvalue weighted by Crippen LogP contribution is 2.17. The first-order valence-corrected chi connectivity index (χ1v) is 6.18. The van der Waals surface area contributed by atoms with Crippen LogP contribution in [0.4, 0.5) is 0 Å². The maximum atomic E-state index is 11.7. The van der Waals surface area contributed by atoms with E-state index in [1.807, 2.05) is 25.1 Å². The van der Waals surface area contributed by atoms with E-state index in [-0.39, 0.29) is 12.0 Å². The van der Waals surface area contributed by atoms with Crippen molar-refractivity contribution in [1.29, 1.82) is 0 Å². The third-order valence-corrected chi connectivity index (χ3v) is 3.59. The van der Waals surface area contributed by atoms with E-state index in [9.17, 15) is 9.90 Å². The van der Waals surface area contributed by atoms with Crippen molar-refractivity contribution >= 4 is 23.3 Å². The molecule has 0 spiro atoms. The van der Waals surface area contributed by atoms with E-state index in [2.05, 4.69) is 0 Å². The molecule has 4 heteroatoms. The molecule has 0 bridgehead atoms. The fraction of sp³-hybridized carbons (Fsp3) is 0.417. The van der Waals surface area contributed by atoms with Crippen molar-refractivity contribution in [2.75, 3.05) is 13.1 Å². The van der Waals surface area contributed by atoms with Crippen LogP contribution in [0.25, 0.3) is 6.08 Å². The molecule has 0 radical (unpaired) electrons. The Bertz CT molecular complexity index is 411. The average Bonchev–Trinajstić information content (AvgIpc) is 2.84. The molecule has 1 aromatic heterocycles. The van der Waals surface area contributed by atoms with Crippen LogP contribution in [0.1, 0.15) is 16.2 Å². The SMILES string of the molecule is Cc1ccc(C=CC(=O)N2CC[C@@H](O)C2)s1. The Morgan fingerprint density at radius 3 is 3.00 bits per heavy atom. The lowest BCUT2D eigenvalue weighted by molar-refractivity contribution is -0.125. The largest absolute Gasteiger partial charge is 0.391 e. The Kier molecular flexibility index (Phi) is 3.41. The van der Waals surface area contributed by atoms with Gasteiger partial charge in [0.1, 0.15) is 0 Å². The highest BCUT2D eigenvalue weighted by atomic mass is 32.1. The number of aliphatic hydroxyl groups excluding tert-OH is 1. The van der Waals surface area contributed by atoms with E-state index in [0.717, 1.165) is 4.88 Å². The van der Waals surface area contributed by atoms with Gasteiger partial charge in [-0.1, -0.05) is 0 Å². The molecule has 0 unspecified atom stereocenters. The first kappa shape index (κ1) is 11.4. The van der Waals surface area contributed by atoms with Gasteiger partial charge in [0.25, 0.3) is 0 Å². The van der Waals surface area contributed by atoms with Gasteiger partial charge >= 0.3 is 0 Å². The van der Waals surface area contributed by atoms with Crippen molar-refractivity contribution in [3.63, 3.8) is 0 Å². The summed E-state index contributed by atoms with van der Waals surface area (Å²) in [6.45, 7) is 3.17. The molecule has 1 saturated heterocycles. The second-order valence-corrected chi connectivity index (χ2v) is 5.33. The third-order valence-electron chi connectivity index (χ3n) is 2.63. The van der Waals surface area contributed by atoms with Gasteiger partial charge in [-0.05, 0) is 31.6 Å². The lowest BCUT2D eigenvalue weighted by Crippen LogP contribution is -2.27. The van der Waals surface area contributed by atoms with Crippen molar-refractivity contribution in [3.05, 3.63) is 28.0 Å². The van der Waals surface area contributed by atoms with Crippen LogP contribution in [0.2, 0.25) is 0 Å². The lowest BCUT2D eigenvalue weighted by atomic mass is 10.3. The van der Waals surface area contributed by atoms with Crippen LogP contribution in [0, 0.1) is 6.92 Å². The highest BCUT2D eigenvalue weighted by Gasteiger charge is 2.22. The monoisotopic (exact) mass is 237 g/mol. The summed E-state index contributed by atoms with van der Waals surface area (Å²) in [7, 11) is 0. The minimum absolute atomic E-state index is 0.0115. The standard InChI is InChI=1S/C12H15NO2S/c1-9-2-3-11(16-9)4-5-12(15)13-7-6-10(14)8-13/h2-5,10,14H,6-8H2,1H3/t10-/m1/s1. The van der Waals surface area contributed by atoms with Gasteiger partial charge < -0.3 is 10.0 Å². The number of carbonyl (C=O) groups excluding carboxylic acids is 1. The van der Waals surface area contributed by atoms with E-state index < -0.39 is 0 Å². The number of carbonyl (C=O) groups is 1. The van der Waals surface area contributed by atoms with E-state index in [1.165, 1.54) is 4.88 Å². The molecule has 1 N–H and O–H groups in total. The summed E-state index contributed by atoms with van der Waals surface area (Å²) < 4.78 is 0. The van der Waals surface area contributed by atoms with Crippen molar-refractivity contribution in [1.82, 2.24) is 4.90 Å². The number of hydrogen-bond donors (Lipinski definition) is 1. The average molecular weight is 237 g/mol. The molecule has 2 heterocycles. The molecule has 86 valence electrons. The van der Waals surface area contributed by atoms with Gasteiger partial charge in [0, 0.05) is 28.9 Å². The van der Waals surface area contributed by atoms with Crippen molar-refractivity contribution in [2.24, 2.45) is 0 Å². The maximum Gasteiger partial charge on any atom is 0.246 e. The van der Waals surface area contributed by atoms with Gasteiger partial charge in [0.05, 0.1) is 6.10 Å². The van der Waals surface area contributed by atoms with Crippen LogP contribution in [0.15, 0.2) is 18.2 Å². The van der Waals surface area contributed by atoms with Crippen molar-refractivity contribution in [2.45, 2.75) is 19.4 Å². The number of nitrogens with zero attached hydrogens (tertiary/aromatic N) is 1. The molecule has 1 aliphatic rings. The number of aliphatic hydroxyl groups is 1. The first-order chi connectivity index (χ1) is 7.65. The molecule has 0 aromatic carbocycles. The van der Waals surface area contributed by atoms with Crippen LogP contribution in [-0.2, 0) is 4.79 Å². The lowest BCUT2D eigenvalue weighted by Gasteiger charge is -2.11. The summed E-state index contributed by atoms with van der Waals surface area (Å²) in [6.07, 6.45) is 3.77. The van der Waals surface area contributed by atoms with Gasteiger partial charge in [-0.3, -0.25) is 4.79 Å². The Morgan fingerprint density at radius 2 is 2.44 bits per heavy atom. The van der Waals surface area contributed by atoms with Gasteiger partial charge in [0.2, 0.25) is 5.91 Å². The van der Waals surface area contributed by atoms with Gasteiger partial charge in [-0.25, -0.2) is 0 Å². The Labute approximate surface area is 99.0 Å². The number of β-amino-alcohol motifs (C(OH)–C–C–N with tert-alkyl or cyclic N) is 1. The highest BCUT2D eigenvalue weighted by molar-refractivity contribution is 7.12. The van der Waals surface area contributed by atoms with Gasteiger partial charge in [-0.2, -0.15) is 0 Å². The number of aryl methyl sites for hydroxylation is 1. The zero-order valence-electron chi connectivity index (χ0n) is 9.22. The molecule has 1 fully saturated rings. The number of rotatable bonds is 2. The van der Waals surface area contributed by atoms with Crippen LogP contribution in [0.5, 0.6) is 0 Å². The number of likely N-dealkylation sites (tertiary alicyclic amines) is 1. The fourth-order valence-corrected chi connectivity index (χ4v) is 2.52. The Hall–Kier alpha value is -1.13. The summed E-state index contributed by atoms with van der Waals surface area (Å²) in [5.41, 5.74) is 0. The normalized spacial score (nSPS) is 20.9. The van der Waals surface area contributed by atoms with Crippen LogP contribution in [0.3, 0.4) is 0 Å². The van der Waals surface area contributed by atoms with E-state index >= 15 is 0 Å². The smallest absolute Gasteiger partial charge is 0.246 e. The topological polar surface area (TPSA) is 40.5 Å². The summed E-state index contributed by atoms with van der Waals surface area (Å²) in [5.74, 6) is -0.0115. The maximum absolute atomic E-state index is 11.7. The molecular formula is C12H15NO2S. The molecule has 0 aliphatic carbocycles. The predicted octanol–water partition coefficient (Wildman–Crippen LogP) is 1.66. The zero-order chi connectivity index (χ0) is 11.5. The van der Waals surface area contributed by atoms with Crippen molar-refractivity contribution < 1.29 is 9.90 Å². The molecule has 0 saturated carbocycles. The quantitative estimate of drug-likeness (QED) is 0.795. The second-order valence-electron chi connectivity index (χ2n) is 4.01. The van der Waals surface area contributed by atoms with E-state index in [0.29, 0.717) is 19.5 Å². The van der Waals surface area contributed by atoms with E-state index in [4.69, 9.17) is 0 Å². The summed E-state index contributed by atoms with van der Waals surface area (Å²) >= 11 is 1.67. The number of thiophene rings is 1. The first-order valence-electron chi connectivity index (χ1n) is 5.36. The summed E-state index contributed by atoms with van der Waals surface area (Å²) in [6, 6.07) is 4.04. The van der Waals surface area contributed by atoms with Gasteiger partial charge in [0.15, 0.2) is 0 Å². The number of amides is 1. The predicted molar refractivity (Wildman–Crippen MR) is 65.3 cm³/mol. The molecule has 2 rings (SSSR count). The summed E-state index contributed by atoms with van der Waals surface area (Å²) in [5, 5.41) is 9.32. The summed E-state index contributed by atoms with van der Waals surface area (Å²) in [4.78, 5) is 15.7. The second kappa shape index (κ2) is 4.80. The molecular weight excluding hydrogens is 222 g/mol. The van der Waals surface area contributed by atoms with Crippen LogP contribution in [-0.4, -0.2) is 35.1 Å². The van der Waals surface area contributed by atoms with Crippen LogP contribution < -0.4 is 0 Å². The molecule has 3 nitrogen and oxygen atoms in total. The number of hydrogen-bond acceptors (Lipinski definition) is 3. The third kappa shape index (κ3) is 2.71. The molecule has 1 aromatic rings. The molecule has 16 heavy (non-hydrogen) atoms. The Balaban J connectivity index is 1.94. The molecule has 1 aliphatic heterocycles. The zero-order valence-corrected chi connectivity index (χ0v) is 10.0. The van der Waals surface area contributed by atoms with Gasteiger partial charge in [-0.15, -0.1) is 11.3 Å². The minimum atomic E-state index is -0.346. The van der Waals surface area contributed by atoms with Crippen LogP contribution >= 0.6 is 11.3 Å². The van der Waals surface area contributed by atoms with Crippen molar-refractivity contribution in [3.8, 4) is 0 Å². The Morgan fingerprint density at radius 1 is 1.62 bits per heavy atom. The fourth-order valence-electron chi connectivity index (χ4n) is 1.74. The molecule has 1 atom stereocenters. The minimum Gasteiger partial charge on any atom is -0.391 e. The molecule has 1 amide bonds. The van der Waals surface area contributed by atoms with E-state index in [1.54, 1.807) is 22.3 Å².